The monoisotopic (exact) mass is 130 g/mol. The van der Waals surface area contributed by atoms with Crippen molar-refractivity contribution in [2.45, 2.75) is 13.8 Å². The van der Waals surface area contributed by atoms with Crippen molar-refractivity contribution in [2.75, 3.05) is 13.2 Å². The Balaban J connectivity index is 3.49. The summed E-state index contributed by atoms with van der Waals surface area (Å²) < 4.78 is 0. The molecule has 0 radical (unpaired) electrons. The number of nitrogens with two attached hydrogens (primary N) is 1. The molecule has 0 unspecified atom stereocenters. The van der Waals surface area contributed by atoms with Crippen molar-refractivity contribution in [3.05, 3.63) is 11.8 Å². The molecule has 0 aliphatic carbocycles. The molecule has 0 amide bonds. The molecule has 54 valence electrons. The summed E-state index contributed by atoms with van der Waals surface area (Å²) in [4.78, 5) is 0. The summed E-state index contributed by atoms with van der Waals surface area (Å²) >= 11 is 0. The first kappa shape index (κ1) is 8.46. The molecule has 0 aromatic carbocycles. The highest BCUT2D eigenvalue weighted by Gasteiger charge is 1.87. The Labute approximate surface area is 55.7 Å². The fourth-order valence-corrected chi connectivity index (χ4v) is 0.512. The van der Waals surface area contributed by atoms with Crippen LogP contribution >= 0.6 is 0 Å². The van der Waals surface area contributed by atoms with Gasteiger partial charge in [0.15, 0.2) is 0 Å². The predicted octanol–water partition coefficient (Wildman–Crippen LogP) is 0.0781. The summed E-state index contributed by atoms with van der Waals surface area (Å²) in [5.74, 6) is 5.38. The van der Waals surface area contributed by atoms with Gasteiger partial charge < -0.3 is 10.1 Å². The van der Waals surface area contributed by atoms with Crippen LogP contribution in [-0.4, -0.2) is 23.3 Å². The van der Waals surface area contributed by atoms with Crippen LogP contribution in [0, 0.1) is 0 Å². The quantitative estimate of drug-likeness (QED) is 0.420. The molecule has 0 rings (SSSR count). The number of aliphatic hydroxyl groups excluding tert-OH is 1. The van der Waals surface area contributed by atoms with E-state index in [1.165, 1.54) is 5.01 Å². The van der Waals surface area contributed by atoms with Crippen molar-refractivity contribution < 1.29 is 5.11 Å². The summed E-state index contributed by atoms with van der Waals surface area (Å²) in [6.45, 7) is 4.50. The maximum absolute atomic E-state index is 8.40. The maximum Gasteiger partial charge on any atom is 0.0622 e. The molecule has 0 heterocycles. The standard InChI is InChI=1S/C6H14N2O/c1-6(2)5-8(7)3-4-9/h5,9H,3-4,7H2,1-2H3. The van der Waals surface area contributed by atoms with Crippen LogP contribution in [0.1, 0.15) is 13.8 Å². The highest BCUT2D eigenvalue weighted by atomic mass is 16.3. The number of aliphatic hydroxyl groups is 1. The molecule has 0 bridgehead atoms. The second-order valence-electron chi connectivity index (χ2n) is 2.17. The lowest BCUT2D eigenvalue weighted by molar-refractivity contribution is 0.238. The zero-order valence-corrected chi connectivity index (χ0v) is 5.96. The zero-order chi connectivity index (χ0) is 7.28. The third-order valence-corrected chi connectivity index (χ3v) is 0.782. The second-order valence-corrected chi connectivity index (χ2v) is 2.17. The van der Waals surface area contributed by atoms with E-state index >= 15 is 0 Å². The van der Waals surface area contributed by atoms with Crippen molar-refractivity contribution >= 4 is 0 Å². The first-order valence-electron chi connectivity index (χ1n) is 2.94. The lowest BCUT2D eigenvalue weighted by atomic mass is 10.4. The third-order valence-electron chi connectivity index (χ3n) is 0.782. The van der Waals surface area contributed by atoms with Crippen LogP contribution in [0.2, 0.25) is 0 Å². The van der Waals surface area contributed by atoms with Crippen LogP contribution < -0.4 is 5.84 Å². The van der Waals surface area contributed by atoms with Crippen LogP contribution in [0.25, 0.3) is 0 Å². The number of hydrogen-bond acceptors (Lipinski definition) is 3. The molecule has 0 aromatic heterocycles. The van der Waals surface area contributed by atoms with Gasteiger partial charge in [0, 0.05) is 6.20 Å². The number of rotatable bonds is 3. The van der Waals surface area contributed by atoms with E-state index in [1.807, 2.05) is 13.8 Å². The lowest BCUT2D eigenvalue weighted by Gasteiger charge is -2.11. The smallest absolute Gasteiger partial charge is 0.0622 e. The summed E-state index contributed by atoms with van der Waals surface area (Å²) in [5, 5.41) is 9.87. The first-order valence-corrected chi connectivity index (χ1v) is 2.94. The van der Waals surface area contributed by atoms with E-state index in [0.717, 1.165) is 5.57 Å². The number of hydrazine groups is 1. The predicted molar refractivity (Wildman–Crippen MR) is 37.4 cm³/mol. The van der Waals surface area contributed by atoms with Crippen molar-refractivity contribution in [1.29, 1.82) is 0 Å². The summed E-state index contributed by atoms with van der Waals surface area (Å²) in [6, 6.07) is 0. The van der Waals surface area contributed by atoms with Gasteiger partial charge in [-0.3, -0.25) is 0 Å². The van der Waals surface area contributed by atoms with Gasteiger partial charge in [0.25, 0.3) is 0 Å². The molecule has 0 saturated heterocycles. The van der Waals surface area contributed by atoms with Crippen LogP contribution in [0.4, 0.5) is 0 Å². The normalized spacial score (nSPS) is 8.89. The van der Waals surface area contributed by atoms with Gasteiger partial charge >= 0.3 is 0 Å². The van der Waals surface area contributed by atoms with Gasteiger partial charge in [0.05, 0.1) is 13.2 Å². The van der Waals surface area contributed by atoms with Gasteiger partial charge in [0.1, 0.15) is 0 Å². The summed E-state index contributed by atoms with van der Waals surface area (Å²) in [6.07, 6.45) is 1.79. The third kappa shape index (κ3) is 5.33. The largest absolute Gasteiger partial charge is 0.394 e. The highest BCUT2D eigenvalue weighted by molar-refractivity contribution is 4.90. The van der Waals surface area contributed by atoms with Gasteiger partial charge in [-0.2, -0.15) is 0 Å². The van der Waals surface area contributed by atoms with Crippen molar-refractivity contribution in [3.8, 4) is 0 Å². The minimum absolute atomic E-state index is 0.0975. The number of hydrogen-bond donors (Lipinski definition) is 2. The van der Waals surface area contributed by atoms with E-state index in [4.69, 9.17) is 10.9 Å². The van der Waals surface area contributed by atoms with E-state index in [9.17, 15) is 0 Å². The fraction of sp³-hybridized carbons (Fsp3) is 0.667. The topological polar surface area (TPSA) is 49.5 Å². The Morgan fingerprint density at radius 3 is 2.56 bits per heavy atom. The SMILES string of the molecule is CC(C)=CN(N)CCO. The van der Waals surface area contributed by atoms with Crippen molar-refractivity contribution in [2.24, 2.45) is 5.84 Å². The van der Waals surface area contributed by atoms with Crippen LogP contribution in [0.5, 0.6) is 0 Å². The van der Waals surface area contributed by atoms with Gasteiger partial charge in [0.2, 0.25) is 0 Å². The molecule has 0 fully saturated rings. The van der Waals surface area contributed by atoms with E-state index in [1.54, 1.807) is 6.20 Å². The molecule has 0 aliphatic heterocycles. The maximum atomic E-state index is 8.40. The molecule has 3 heteroatoms. The van der Waals surface area contributed by atoms with Crippen molar-refractivity contribution in [1.82, 2.24) is 5.01 Å². The van der Waals surface area contributed by atoms with Gasteiger partial charge in [-0.15, -0.1) is 0 Å². The van der Waals surface area contributed by atoms with Crippen LogP contribution in [0.3, 0.4) is 0 Å². The van der Waals surface area contributed by atoms with E-state index in [0.29, 0.717) is 6.54 Å². The number of nitrogens with zero attached hydrogens (tertiary/aromatic N) is 1. The number of allylic oxidation sites excluding steroid dienone is 1. The van der Waals surface area contributed by atoms with Gasteiger partial charge in [-0.25, -0.2) is 5.84 Å². The highest BCUT2D eigenvalue weighted by Crippen LogP contribution is 1.88. The van der Waals surface area contributed by atoms with Crippen LogP contribution in [0.15, 0.2) is 11.8 Å². The first-order chi connectivity index (χ1) is 4.16. The Hall–Kier alpha value is -0.540. The molecular formula is C6H14N2O. The summed E-state index contributed by atoms with van der Waals surface area (Å²) in [5.41, 5.74) is 1.13. The van der Waals surface area contributed by atoms with Crippen LogP contribution in [-0.2, 0) is 0 Å². The van der Waals surface area contributed by atoms with E-state index in [2.05, 4.69) is 0 Å². The molecule has 0 atom stereocenters. The Kier molecular flexibility index (Phi) is 4.09. The van der Waals surface area contributed by atoms with Crippen molar-refractivity contribution in [3.63, 3.8) is 0 Å². The second kappa shape index (κ2) is 4.35. The Bertz CT molecular complexity index is 97.2. The minimum Gasteiger partial charge on any atom is -0.394 e. The Morgan fingerprint density at radius 2 is 2.22 bits per heavy atom. The van der Waals surface area contributed by atoms with E-state index in [-0.39, 0.29) is 6.61 Å². The minimum atomic E-state index is 0.0975. The average Bonchev–Trinajstić information content (AvgIpc) is 1.63. The Morgan fingerprint density at radius 1 is 1.67 bits per heavy atom. The molecule has 0 aliphatic rings. The molecule has 0 aromatic rings. The molecule has 9 heavy (non-hydrogen) atoms. The van der Waals surface area contributed by atoms with E-state index < -0.39 is 0 Å². The fourth-order valence-electron chi connectivity index (χ4n) is 0.512. The molecule has 0 saturated carbocycles. The van der Waals surface area contributed by atoms with Gasteiger partial charge in [-0.05, 0) is 13.8 Å². The zero-order valence-electron chi connectivity index (χ0n) is 5.96. The molecule has 3 nitrogen and oxygen atoms in total. The van der Waals surface area contributed by atoms with Gasteiger partial charge in [-0.1, -0.05) is 5.57 Å². The lowest BCUT2D eigenvalue weighted by Crippen LogP contribution is -2.28. The average molecular weight is 130 g/mol. The molecule has 0 spiro atoms. The summed E-state index contributed by atoms with van der Waals surface area (Å²) in [7, 11) is 0. The molecular weight excluding hydrogens is 116 g/mol. The molecule has 3 N–H and O–H groups in total.